The summed E-state index contributed by atoms with van der Waals surface area (Å²) in [6.07, 6.45) is 0. The van der Waals surface area contributed by atoms with Gasteiger partial charge in [0.05, 0.1) is 18.1 Å². The second-order valence-corrected chi connectivity index (χ2v) is 4.25. The molecule has 1 N–H and O–H groups in total. The van der Waals surface area contributed by atoms with E-state index < -0.39 is 0 Å². The molecular weight excluding hydrogens is 276 g/mol. The Balaban J connectivity index is 0.00000147. The van der Waals surface area contributed by atoms with Crippen molar-refractivity contribution < 1.29 is 26.7 Å². The summed E-state index contributed by atoms with van der Waals surface area (Å²) < 4.78 is 11.0. The van der Waals surface area contributed by atoms with Crippen LogP contribution in [0.15, 0.2) is 59.0 Å². The van der Waals surface area contributed by atoms with Gasteiger partial charge in [-0.25, -0.2) is 4.42 Å². The molecule has 0 spiro atoms. The van der Waals surface area contributed by atoms with Gasteiger partial charge in [0.1, 0.15) is 11.5 Å². The van der Waals surface area contributed by atoms with Gasteiger partial charge in [0.15, 0.2) is 0 Å². The highest BCUT2D eigenvalue weighted by molar-refractivity contribution is 5.80. The smallest absolute Gasteiger partial charge is 0.361 e. The molecule has 3 aromatic rings. The molecule has 0 aliphatic rings. The number of hydrogen-bond acceptors (Lipinski definition) is 2. The van der Waals surface area contributed by atoms with E-state index in [0.717, 1.165) is 28.0 Å². The van der Waals surface area contributed by atoms with Crippen LogP contribution in [0.5, 0.6) is 11.5 Å². The molecule has 20 heavy (non-hydrogen) atoms. The highest BCUT2D eigenvalue weighted by atomic mass is 35.5. The number of ether oxygens (including phenoxy) is 1. The Hall–Kier alpha value is -2.26. The topological polar surface area (TPSA) is 40.8 Å². The zero-order valence-electron chi connectivity index (χ0n) is 10.8. The molecular formula is C16H13ClO3. The molecule has 0 aliphatic carbocycles. The zero-order valence-corrected chi connectivity index (χ0v) is 11.6. The maximum Gasteiger partial charge on any atom is 0.361 e. The third-order valence-electron chi connectivity index (χ3n) is 3.00. The van der Waals surface area contributed by atoms with E-state index in [1.165, 1.54) is 0 Å². The molecule has 0 unspecified atom stereocenters. The number of fused-ring (bicyclic) bond motifs is 1. The second-order valence-electron chi connectivity index (χ2n) is 4.25. The minimum Gasteiger partial charge on any atom is -1.00 e. The van der Waals surface area contributed by atoms with Gasteiger partial charge in [0.2, 0.25) is 0 Å². The molecule has 0 bridgehead atoms. The summed E-state index contributed by atoms with van der Waals surface area (Å²) in [6.45, 7) is 0. The normalized spacial score (nSPS) is 10.1. The van der Waals surface area contributed by atoms with Gasteiger partial charge in [-0.2, -0.15) is 0 Å². The van der Waals surface area contributed by atoms with Gasteiger partial charge < -0.3 is 22.3 Å². The Morgan fingerprint density at radius 1 is 0.950 bits per heavy atom. The van der Waals surface area contributed by atoms with Crippen LogP contribution in [0.4, 0.5) is 0 Å². The lowest BCUT2D eigenvalue weighted by atomic mass is 10.1. The maximum atomic E-state index is 9.42. The first-order valence-corrected chi connectivity index (χ1v) is 5.96. The van der Waals surface area contributed by atoms with E-state index in [0.29, 0.717) is 0 Å². The summed E-state index contributed by atoms with van der Waals surface area (Å²) in [4.78, 5) is 0. The minimum absolute atomic E-state index is 0. The molecule has 102 valence electrons. The Morgan fingerprint density at radius 3 is 2.40 bits per heavy atom. The molecule has 4 heteroatoms. The fourth-order valence-corrected chi connectivity index (χ4v) is 1.99. The Labute approximate surface area is 122 Å². The van der Waals surface area contributed by atoms with Crippen molar-refractivity contribution in [2.45, 2.75) is 0 Å². The fourth-order valence-electron chi connectivity index (χ4n) is 1.99. The average molecular weight is 289 g/mol. The molecule has 0 aliphatic heterocycles. The molecule has 0 atom stereocenters. The molecule has 3 rings (SSSR count). The molecule has 0 saturated carbocycles. The lowest BCUT2D eigenvalue weighted by Crippen LogP contribution is -3.00. The van der Waals surface area contributed by atoms with Gasteiger partial charge in [-0.1, -0.05) is 0 Å². The van der Waals surface area contributed by atoms with Gasteiger partial charge >= 0.3 is 11.3 Å². The first-order valence-electron chi connectivity index (χ1n) is 5.96. The predicted molar refractivity (Wildman–Crippen MR) is 74.3 cm³/mol. The van der Waals surface area contributed by atoms with Crippen molar-refractivity contribution in [1.82, 2.24) is 0 Å². The lowest BCUT2D eigenvalue weighted by Gasteiger charge is -1.98. The van der Waals surface area contributed by atoms with Crippen molar-refractivity contribution in [3.63, 3.8) is 0 Å². The highest BCUT2D eigenvalue weighted by Gasteiger charge is 2.14. The van der Waals surface area contributed by atoms with Gasteiger partial charge in [-0.15, -0.1) is 0 Å². The lowest BCUT2D eigenvalue weighted by molar-refractivity contribution is -0.00000558. The summed E-state index contributed by atoms with van der Waals surface area (Å²) >= 11 is 0. The Morgan fingerprint density at radius 2 is 1.70 bits per heavy atom. The fraction of sp³-hybridized carbons (Fsp3) is 0.0625. The van der Waals surface area contributed by atoms with Gasteiger partial charge in [-0.3, -0.25) is 0 Å². The standard InChI is InChI=1S/C16H12O3.ClH/c1-18-14-6-2-11(3-7-14)15-8-4-12-10-13(17)5-9-16(12)19-15;/h2-10H,1H3;1H. The summed E-state index contributed by atoms with van der Waals surface area (Å²) in [5.41, 5.74) is 1.72. The molecule has 0 radical (unpaired) electrons. The average Bonchev–Trinajstić information content (AvgIpc) is 2.47. The van der Waals surface area contributed by atoms with Crippen molar-refractivity contribution in [3.8, 4) is 22.8 Å². The number of hydrogen-bond donors (Lipinski definition) is 1. The monoisotopic (exact) mass is 288 g/mol. The van der Waals surface area contributed by atoms with E-state index in [-0.39, 0.29) is 18.2 Å². The minimum atomic E-state index is 0. The first-order chi connectivity index (χ1) is 9.26. The van der Waals surface area contributed by atoms with E-state index in [9.17, 15) is 5.11 Å². The number of benzene rings is 2. The Bertz CT molecular complexity index is 723. The van der Waals surface area contributed by atoms with E-state index in [2.05, 4.69) is 0 Å². The molecule has 1 heterocycles. The quantitative estimate of drug-likeness (QED) is 0.718. The van der Waals surface area contributed by atoms with Gasteiger partial charge in [-0.05, 0) is 42.5 Å². The summed E-state index contributed by atoms with van der Waals surface area (Å²) in [7, 11) is 1.64. The number of methoxy groups -OCH3 is 1. The zero-order chi connectivity index (χ0) is 13.2. The summed E-state index contributed by atoms with van der Waals surface area (Å²) in [5.74, 6) is 1.83. The number of halogens is 1. The molecule has 0 saturated heterocycles. The van der Waals surface area contributed by atoms with Gasteiger partial charge in [0.25, 0.3) is 0 Å². The third kappa shape index (κ3) is 2.68. The predicted octanol–water partition coefficient (Wildman–Crippen LogP) is 1.10. The van der Waals surface area contributed by atoms with E-state index >= 15 is 0 Å². The van der Waals surface area contributed by atoms with Crippen molar-refractivity contribution in [1.29, 1.82) is 0 Å². The van der Waals surface area contributed by atoms with Crippen LogP contribution in [0.25, 0.3) is 22.3 Å². The van der Waals surface area contributed by atoms with Crippen molar-refractivity contribution in [2.75, 3.05) is 7.11 Å². The number of phenols is 1. The van der Waals surface area contributed by atoms with Crippen LogP contribution in [-0.4, -0.2) is 12.2 Å². The molecule has 2 aromatic carbocycles. The van der Waals surface area contributed by atoms with E-state index in [4.69, 9.17) is 9.15 Å². The SMILES string of the molecule is COc1ccc(-c2ccc3cc(O)ccc3[o+]2)cc1.[Cl-]. The molecule has 3 nitrogen and oxygen atoms in total. The first kappa shape index (κ1) is 14.2. The maximum absolute atomic E-state index is 9.42. The van der Waals surface area contributed by atoms with Gasteiger partial charge in [0, 0.05) is 12.1 Å². The number of aromatic hydroxyl groups is 1. The van der Waals surface area contributed by atoms with Crippen LogP contribution in [0, 0.1) is 0 Å². The van der Waals surface area contributed by atoms with E-state index in [1.807, 2.05) is 36.4 Å². The van der Waals surface area contributed by atoms with Crippen molar-refractivity contribution in [2.24, 2.45) is 0 Å². The summed E-state index contributed by atoms with van der Waals surface area (Å²) in [6, 6.07) is 16.6. The van der Waals surface area contributed by atoms with Crippen LogP contribution in [0.2, 0.25) is 0 Å². The van der Waals surface area contributed by atoms with Crippen molar-refractivity contribution >= 4 is 11.0 Å². The number of rotatable bonds is 2. The third-order valence-corrected chi connectivity index (χ3v) is 3.00. The van der Waals surface area contributed by atoms with Crippen LogP contribution in [0.3, 0.4) is 0 Å². The van der Waals surface area contributed by atoms with Crippen molar-refractivity contribution in [3.05, 3.63) is 54.6 Å². The largest absolute Gasteiger partial charge is 1.00 e. The number of phenolic OH excluding ortho intramolecular Hbond substituents is 1. The van der Waals surface area contributed by atoms with Crippen LogP contribution < -0.4 is 17.1 Å². The molecule has 1 aromatic heterocycles. The Kier molecular flexibility index (Phi) is 4.11. The van der Waals surface area contributed by atoms with Crippen LogP contribution in [-0.2, 0) is 0 Å². The summed E-state index contributed by atoms with van der Waals surface area (Å²) in [5, 5.41) is 10.3. The van der Waals surface area contributed by atoms with E-state index in [1.54, 1.807) is 25.3 Å². The molecule has 0 fully saturated rings. The van der Waals surface area contributed by atoms with Crippen LogP contribution >= 0.6 is 0 Å². The highest BCUT2D eigenvalue weighted by Crippen LogP contribution is 2.27. The second kappa shape index (κ2) is 5.80. The molecule has 0 amide bonds. The van der Waals surface area contributed by atoms with Crippen LogP contribution in [0.1, 0.15) is 0 Å².